The van der Waals surface area contributed by atoms with Crippen LogP contribution in [0.1, 0.15) is 12.0 Å². The van der Waals surface area contributed by atoms with E-state index in [0.717, 1.165) is 16.9 Å². The van der Waals surface area contributed by atoms with Crippen molar-refractivity contribution in [2.45, 2.75) is 13.3 Å². The number of hydrogen-bond donors (Lipinski definition) is 1. The largest absolute Gasteiger partial charge is 0.374 e. The summed E-state index contributed by atoms with van der Waals surface area (Å²) in [6.07, 6.45) is 0.472. The minimum absolute atomic E-state index is 0.0436. The second-order valence-corrected chi connectivity index (χ2v) is 4.87. The van der Waals surface area contributed by atoms with Crippen LogP contribution in [0.5, 0.6) is 0 Å². The Kier molecular flexibility index (Phi) is 4.77. The second-order valence-electron chi connectivity index (χ2n) is 4.87. The fourth-order valence-electron chi connectivity index (χ4n) is 2.01. The van der Waals surface area contributed by atoms with Gasteiger partial charge in [0.05, 0.1) is 0 Å². The van der Waals surface area contributed by atoms with Crippen molar-refractivity contribution in [3.63, 3.8) is 0 Å². The monoisotopic (exact) mass is 268 g/mol. The van der Waals surface area contributed by atoms with Gasteiger partial charge in [-0.1, -0.05) is 36.4 Å². The molecule has 0 saturated carbocycles. The molecule has 0 aliphatic rings. The van der Waals surface area contributed by atoms with Crippen molar-refractivity contribution >= 4 is 17.3 Å². The van der Waals surface area contributed by atoms with Crippen molar-refractivity contribution in [1.82, 2.24) is 0 Å². The molecule has 2 aromatic carbocycles. The van der Waals surface area contributed by atoms with Gasteiger partial charge in [0, 0.05) is 31.4 Å². The molecule has 3 heteroatoms. The summed E-state index contributed by atoms with van der Waals surface area (Å²) in [7, 11) is 2.00. The van der Waals surface area contributed by atoms with Gasteiger partial charge in [-0.25, -0.2) is 0 Å². The Balaban J connectivity index is 1.85. The van der Waals surface area contributed by atoms with Gasteiger partial charge in [0.2, 0.25) is 5.91 Å². The maximum atomic E-state index is 12.0. The van der Waals surface area contributed by atoms with Gasteiger partial charge in [-0.3, -0.25) is 4.79 Å². The molecule has 2 rings (SSSR count). The van der Waals surface area contributed by atoms with Gasteiger partial charge in [0.1, 0.15) is 0 Å². The van der Waals surface area contributed by atoms with Crippen LogP contribution in [0.3, 0.4) is 0 Å². The van der Waals surface area contributed by atoms with Gasteiger partial charge >= 0.3 is 0 Å². The smallest absolute Gasteiger partial charge is 0.226 e. The third kappa shape index (κ3) is 3.85. The highest BCUT2D eigenvalue weighted by atomic mass is 16.1. The average Bonchev–Trinajstić information content (AvgIpc) is 2.48. The second kappa shape index (κ2) is 6.75. The Bertz CT molecular complexity index is 566. The van der Waals surface area contributed by atoms with Gasteiger partial charge in [-0.15, -0.1) is 0 Å². The van der Waals surface area contributed by atoms with E-state index in [1.54, 1.807) is 0 Å². The molecule has 0 unspecified atom stereocenters. The summed E-state index contributed by atoms with van der Waals surface area (Å²) in [5.41, 5.74) is 3.09. The van der Waals surface area contributed by atoms with Crippen LogP contribution in [-0.4, -0.2) is 19.5 Å². The Labute approximate surface area is 120 Å². The van der Waals surface area contributed by atoms with Crippen LogP contribution >= 0.6 is 0 Å². The van der Waals surface area contributed by atoms with Gasteiger partial charge in [0.25, 0.3) is 0 Å². The Morgan fingerprint density at radius 1 is 1.05 bits per heavy atom. The van der Waals surface area contributed by atoms with E-state index in [1.165, 1.54) is 0 Å². The fourth-order valence-corrected chi connectivity index (χ4v) is 2.01. The van der Waals surface area contributed by atoms with E-state index in [9.17, 15) is 4.79 Å². The number of aryl methyl sites for hydroxylation is 1. The van der Waals surface area contributed by atoms with E-state index in [2.05, 4.69) is 10.2 Å². The predicted molar refractivity (Wildman–Crippen MR) is 84.1 cm³/mol. The van der Waals surface area contributed by atoms with Crippen molar-refractivity contribution in [3.05, 3.63) is 60.2 Å². The third-order valence-corrected chi connectivity index (χ3v) is 3.29. The Morgan fingerprint density at radius 2 is 1.70 bits per heavy atom. The molecule has 1 amide bonds. The quantitative estimate of drug-likeness (QED) is 0.900. The summed E-state index contributed by atoms with van der Waals surface area (Å²) in [5, 5.41) is 2.95. The summed E-state index contributed by atoms with van der Waals surface area (Å²) < 4.78 is 0. The number of hydrogen-bond acceptors (Lipinski definition) is 2. The van der Waals surface area contributed by atoms with E-state index in [4.69, 9.17) is 0 Å². The van der Waals surface area contributed by atoms with Crippen LogP contribution in [0, 0.1) is 6.92 Å². The molecule has 0 aliphatic carbocycles. The summed E-state index contributed by atoms with van der Waals surface area (Å²) in [5.74, 6) is 0.0436. The SMILES string of the molecule is Cc1ccccc1NC(=O)CCN(C)c1ccccc1. The number of anilines is 2. The van der Waals surface area contributed by atoms with E-state index in [0.29, 0.717) is 13.0 Å². The average molecular weight is 268 g/mol. The molecule has 0 heterocycles. The number of rotatable bonds is 5. The number of nitrogens with one attached hydrogen (secondary N) is 1. The molecule has 0 fully saturated rings. The molecule has 0 aromatic heterocycles. The molecule has 104 valence electrons. The third-order valence-electron chi connectivity index (χ3n) is 3.29. The van der Waals surface area contributed by atoms with E-state index in [1.807, 2.05) is 68.6 Å². The zero-order valence-electron chi connectivity index (χ0n) is 12.0. The molecule has 0 saturated heterocycles. The summed E-state index contributed by atoms with van der Waals surface area (Å²) >= 11 is 0. The van der Waals surface area contributed by atoms with Crippen molar-refractivity contribution < 1.29 is 4.79 Å². The molecular formula is C17H20N2O. The lowest BCUT2D eigenvalue weighted by molar-refractivity contribution is -0.116. The highest BCUT2D eigenvalue weighted by molar-refractivity contribution is 5.91. The topological polar surface area (TPSA) is 32.3 Å². The molecule has 0 bridgehead atoms. The van der Waals surface area contributed by atoms with Crippen LogP contribution in [-0.2, 0) is 4.79 Å². The molecular weight excluding hydrogens is 248 g/mol. The van der Waals surface area contributed by atoms with Crippen molar-refractivity contribution in [2.75, 3.05) is 23.8 Å². The van der Waals surface area contributed by atoms with Gasteiger partial charge in [-0.2, -0.15) is 0 Å². The van der Waals surface area contributed by atoms with Gasteiger partial charge in [-0.05, 0) is 30.7 Å². The standard InChI is InChI=1S/C17H20N2O/c1-14-8-6-7-11-16(14)18-17(20)12-13-19(2)15-9-4-3-5-10-15/h3-11H,12-13H2,1-2H3,(H,18,20). The normalized spacial score (nSPS) is 10.1. The maximum Gasteiger partial charge on any atom is 0.226 e. The lowest BCUT2D eigenvalue weighted by Crippen LogP contribution is -2.24. The van der Waals surface area contributed by atoms with Crippen molar-refractivity contribution in [1.29, 1.82) is 0 Å². The molecule has 0 atom stereocenters. The van der Waals surface area contributed by atoms with Crippen LogP contribution < -0.4 is 10.2 Å². The van der Waals surface area contributed by atoms with E-state index in [-0.39, 0.29) is 5.91 Å². The molecule has 0 radical (unpaired) electrons. The van der Waals surface area contributed by atoms with Crippen molar-refractivity contribution in [2.24, 2.45) is 0 Å². The first-order chi connectivity index (χ1) is 9.66. The summed E-state index contributed by atoms with van der Waals surface area (Å²) in [6, 6.07) is 17.9. The molecule has 0 spiro atoms. The van der Waals surface area contributed by atoms with Crippen LogP contribution in [0.15, 0.2) is 54.6 Å². The lowest BCUT2D eigenvalue weighted by atomic mass is 10.2. The van der Waals surface area contributed by atoms with E-state index < -0.39 is 0 Å². The molecule has 0 aliphatic heterocycles. The zero-order chi connectivity index (χ0) is 14.4. The summed E-state index contributed by atoms with van der Waals surface area (Å²) in [6.45, 7) is 2.69. The first kappa shape index (κ1) is 14.1. The minimum Gasteiger partial charge on any atom is -0.374 e. The lowest BCUT2D eigenvalue weighted by Gasteiger charge is -2.19. The number of carbonyl (C=O) groups is 1. The van der Waals surface area contributed by atoms with Gasteiger partial charge in [0.15, 0.2) is 0 Å². The predicted octanol–water partition coefficient (Wildman–Crippen LogP) is 3.46. The maximum absolute atomic E-state index is 12.0. The number of para-hydroxylation sites is 2. The Hall–Kier alpha value is -2.29. The van der Waals surface area contributed by atoms with Crippen LogP contribution in [0.4, 0.5) is 11.4 Å². The molecule has 3 nitrogen and oxygen atoms in total. The van der Waals surface area contributed by atoms with Crippen LogP contribution in [0.2, 0.25) is 0 Å². The first-order valence-electron chi connectivity index (χ1n) is 6.78. The minimum atomic E-state index is 0.0436. The number of carbonyl (C=O) groups excluding carboxylic acids is 1. The fraction of sp³-hybridized carbons (Fsp3) is 0.235. The molecule has 2 aromatic rings. The molecule has 20 heavy (non-hydrogen) atoms. The zero-order valence-corrected chi connectivity index (χ0v) is 12.0. The van der Waals surface area contributed by atoms with Gasteiger partial charge < -0.3 is 10.2 Å². The van der Waals surface area contributed by atoms with Crippen molar-refractivity contribution in [3.8, 4) is 0 Å². The highest BCUT2D eigenvalue weighted by Crippen LogP contribution is 2.14. The first-order valence-corrected chi connectivity index (χ1v) is 6.78. The number of nitrogens with zero attached hydrogens (tertiary/aromatic N) is 1. The van der Waals surface area contributed by atoms with Crippen LogP contribution in [0.25, 0.3) is 0 Å². The Morgan fingerprint density at radius 3 is 2.40 bits per heavy atom. The molecule has 1 N–H and O–H groups in total. The number of amides is 1. The number of benzene rings is 2. The highest BCUT2D eigenvalue weighted by Gasteiger charge is 2.06. The summed E-state index contributed by atoms with van der Waals surface area (Å²) in [4.78, 5) is 14.0. The van der Waals surface area contributed by atoms with E-state index >= 15 is 0 Å².